The highest BCUT2D eigenvalue weighted by atomic mass is 35.5. The Bertz CT molecular complexity index is 841. The summed E-state index contributed by atoms with van der Waals surface area (Å²) in [4.78, 5) is 12.4. The van der Waals surface area contributed by atoms with E-state index in [4.69, 9.17) is 11.6 Å². The van der Waals surface area contributed by atoms with Crippen LogP contribution in [-0.4, -0.2) is 10.5 Å². The first kappa shape index (κ1) is 17.8. The van der Waals surface area contributed by atoms with Crippen LogP contribution in [0.5, 0.6) is 0 Å². The summed E-state index contributed by atoms with van der Waals surface area (Å²) in [6.45, 7) is 7.99. The molecule has 0 atom stereocenters. The van der Waals surface area contributed by atoms with Gasteiger partial charge in [0.15, 0.2) is 0 Å². The predicted molar refractivity (Wildman–Crippen MR) is 98.0 cm³/mol. The molecule has 0 radical (unpaired) electrons. The van der Waals surface area contributed by atoms with Crippen molar-refractivity contribution in [1.29, 1.82) is 5.26 Å². The molecule has 1 aromatic carbocycles. The van der Waals surface area contributed by atoms with Crippen LogP contribution in [0, 0.1) is 25.2 Å². The molecule has 0 spiro atoms. The van der Waals surface area contributed by atoms with Crippen LogP contribution in [0.15, 0.2) is 36.0 Å². The first-order valence-corrected chi connectivity index (χ1v) is 8.08. The molecule has 0 bridgehead atoms. The van der Waals surface area contributed by atoms with Crippen molar-refractivity contribution in [3.05, 3.63) is 57.9 Å². The molecule has 0 saturated heterocycles. The fourth-order valence-corrected chi connectivity index (χ4v) is 2.67. The van der Waals surface area contributed by atoms with E-state index < -0.39 is 5.91 Å². The van der Waals surface area contributed by atoms with Gasteiger partial charge in [0.25, 0.3) is 5.91 Å². The Morgan fingerprint density at radius 2 is 2.08 bits per heavy atom. The lowest BCUT2D eigenvalue weighted by Gasteiger charge is -2.09. The van der Waals surface area contributed by atoms with Crippen LogP contribution in [0.4, 0.5) is 5.69 Å². The summed E-state index contributed by atoms with van der Waals surface area (Å²) in [6.07, 6.45) is 3.54. The number of anilines is 1. The fraction of sp³-hybridized carbons (Fsp3) is 0.263. The number of hydrogen-bond acceptors (Lipinski definition) is 2. The number of halogens is 1. The molecule has 1 N–H and O–H groups in total. The van der Waals surface area contributed by atoms with Crippen molar-refractivity contribution >= 4 is 29.3 Å². The summed E-state index contributed by atoms with van der Waals surface area (Å²) in [6, 6.07) is 9.51. The van der Waals surface area contributed by atoms with E-state index in [0.717, 1.165) is 16.8 Å². The maximum absolute atomic E-state index is 12.4. The molecular formula is C19H20ClN3O. The SMILES string of the molecule is Cc1c(Cl)cccc1NC(=O)/C(C#N)=C/c1cc(C)n(C(C)C)c1. The van der Waals surface area contributed by atoms with Crippen molar-refractivity contribution in [1.82, 2.24) is 4.57 Å². The van der Waals surface area contributed by atoms with Crippen LogP contribution < -0.4 is 5.32 Å². The molecule has 124 valence electrons. The first-order chi connectivity index (χ1) is 11.3. The maximum atomic E-state index is 12.4. The van der Waals surface area contributed by atoms with Gasteiger partial charge in [-0.3, -0.25) is 4.79 Å². The number of benzene rings is 1. The number of carbonyl (C=O) groups is 1. The van der Waals surface area contributed by atoms with Gasteiger partial charge in [0, 0.05) is 28.6 Å². The Hall–Kier alpha value is -2.51. The Morgan fingerprint density at radius 3 is 2.67 bits per heavy atom. The maximum Gasteiger partial charge on any atom is 0.266 e. The first-order valence-electron chi connectivity index (χ1n) is 7.70. The molecule has 0 aliphatic rings. The Labute approximate surface area is 147 Å². The molecule has 2 rings (SSSR count). The molecule has 0 fully saturated rings. The predicted octanol–water partition coefficient (Wildman–Crippen LogP) is 4.88. The molecule has 0 aliphatic heterocycles. The summed E-state index contributed by atoms with van der Waals surface area (Å²) in [5.41, 5.74) is 3.34. The van der Waals surface area contributed by atoms with Gasteiger partial charge in [-0.1, -0.05) is 17.7 Å². The second-order valence-electron chi connectivity index (χ2n) is 5.95. The van der Waals surface area contributed by atoms with Crippen molar-refractivity contribution in [3.63, 3.8) is 0 Å². The van der Waals surface area contributed by atoms with Crippen molar-refractivity contribution in [2.24, 2.45) is 0 Å². The van der Waals surface area contributed by atoms with Gasteiger partial charge in [-0.15, -0.1) is 0 Å². The van der Waals surface area contributed by atoms with Gasteiger partial charge in [-0.2, -0.15) is 5.26 Å². The van der Waals surface area contributed by atoms with Crippen LogP contribution in [-0.2, 0) is 4.79 Å². The van der Waals surface area contributed by atoms with E-state index in [2.05, 4.69) is 23.7 Å². The van der Waals surface area contributed by atoms with Crippen molar-refractivity contribution < 1.29 is 4.79 Å². The van der Waals surface area contributed by atoms with E-state index in [0.29, 0.717) is 16.8 Å². The molecule has 1 heterocycles. The monoisotopic (exact) mass is 341 g/mol. The number of carbonyl (C=O) groups excluding carboxylic acids is 1. The van der Waals surface area contributed by atoms with E-state index in [1.54, 1.807) is 24.3 Å². The highest BCUT2D eigenvalue weighted by Crippen LogP contribution is 2.23. The van der Waals surface area contributed by atoms with Crippen LogP contribution in [0.1, 0.15) is 36.7 Å². The van der Waals surface area contributed by atoms with Crippen LogP contribution >= 0.6 is 11.6 Å². The van der Waals surface area contributed by atoms with Crippen molar-refractivity contribution in [3.8, 4) is 6.07 Å². The molecular weight excluding hydrogens is 322 g/mol. The molecule has 0 saturated carbocycles. The summed E-state index contributed by atoms with van der Waals surface area (Å²) in [5, 5.41) is 12.6. The Morgan fingerprint density at radius 1 is 1.38 bits per heavy atom. The Balaban J connectivity index is 2.28. The largest absolute Gasteiger partial charge is 0.349 e. The number of rotatable bonds is 4. The average molecular weight is 342 g/mol. The van der Waals surface area contributed by atoms with Gasteiger partial charge >= 0.3 is 0 Å². The fourth-order valence-electron chi connectivity index (χ4n) is 2.50. The van der Waals surface area contributed by atoms with Gasteiger partial charge in [0.2, 0.25) is 0 Å². The molecule has 24 heavy (non-hydrogen) atoms. The van der Waals surface area contributed by atoms with Gasteiger partial charge in [0.1, 0.15) is 11.6 Å². The number of nitrogens with zero attached hydrogens (tertiary/aromatic N) is 2. The molecule has 1 aromatic heterocycles. The zero-order chi connectivity index (χ0) is 17.9. The van der Waals surface area contributed by atoms with Gasteiger partial charge in [0.05, 0.1) is 0 Å². The molecule has 0 aliphatic carbocycles. The van der Waals surface area contributed by atoms with Gasteiger partial charge < -0.3 is 9.88 Å². The van der Waals surface area contributed by atoms with Gasteiger partial charge in [-0.05, 0) is 63.1 Å². The van der Waals surface area contributed by atoms with Crippen LogP contribution in [0.3, 0.4) is 0 Å². The third-order valence-electron chi connectivity index (χ3n) is 3.82. The van der Waals surface area contributed by atoms with E-state index >= 15 is 0 Å². The molecule has 1 amide bonds. The quantitative estimate of drug-likeness (QED) is 0.636. The lowest BCUT2D eigenvalue weighted by Crippen LogP contribution is -2.14. The van der Waals surface area contributed by atoms with E-state index in [-0.39, 0.29) is 5.57 Å². The number of aromatic nitrogens is 1. The summed E-state index contributed by atoms with van der Waals surface area (Å²) < 4.78 is 2.10. The summed E-state index contributed by atoms with van der Waals surface area (Å²) >= 11 is 6.06. The van der Waals surface area contributed by atoms with Crippen LogP contribution in [0.25, 0.3) is 6.08 Å². The molecule has 0 unspecified atom stereocenters. The lowest BCUT2D eigenvalue weighted by atomic mass is 10.1. The second-order valence-corrected chi connectivity index (χ2v) is 6.36. The number of aryl methyl sites for hydroxylation is 1. The van der Waals surface area contributed by atoms with Crippen LogP contribution in [0.2, 0.25) is 5.02 Å². The minimum Gasteiger partial charge on any atom is -0.349 e. The smallest absolute Gasteiger partial charge is 0.266 e. The van der Waals surface area contributed by atoms with E-state index in [1.807, 2.05) is 32.2 Å². The van der Waals surface area contributed by atoms with Crippen molar-refractivity contribution in [2.45, 2.75) is 33.7 Å². The highest BCUT2D eigenvalue weighted by molar-refractivity contribution is 6.31. The zero-order valence-corrected chi connectivity index (χ0v) is 15.0. The Kier molecular flexibility index (Phi) is 5.48. The summed E-state index contributed by atoms with van der Waals surface area (Å²) in [5.74, 6) is -0.446. The zero-order valence-electron chi connectivity index (χ0n) is 14.2. The third-order valence-corrected chi connectivity index (χ3v) is 4.23. The minimum absolute atomic E-state index is 0.0512. The van der Waals surface area contributed by atoms with E-state index in [9.17, 15) is 10.1 Å². The standard InChI is InChI=1S/C19H20ClN3O/c1-12(2)23-11-15(8-13(23)3)9-16(10-21)19(24)22-18-7-5-6-17(20)14(18)4/h5-9,11-12H,1-4H3,(H,22,24)/b16-9+. The lowest BCUT2D eigenvalue weighted by molar-refractivity contribution is -0.112. The molecule has 2 aromatic rings. The van der Waals surface area contributed by atoms with Gasteiger partial charge in [-0.25, -0.2) is 0 Å². The van der Waals surface area contributed by atoms with Crippen molar-refractivity contribution in [2.75, 3.05) is 5.32 Å². The normalized spacial score (nSPS) is 11.5. The topological polar surface area (TPSA) is 57.8 Å². The minimum atomic E-state index is -0.446. The summed E-state index contributed by atoms with van der Waals surface area (Å²) in [7, 11) is 0. The highest BCUT2D eigenvalue weighted by Gasteiger charge is 2.13. The second kappa shape index (κ2) is 7.37. The third kappa shape index (κ3) is 3.87. The number of hydrogen-bond donors (Lipinski definition) is 1. The number of nitriles is 1. The van der Waals surface area contributed by atoms with E-state index in [1.165, 1.54) is 0 Å². The number of nitrogens with one attached hydrogen (secondary N) is 1. The average Bonchev–Trinajstić information content (AvgIpc) is 2.90. The molecule has 4 nitrogen and oxygen atoms in total. The number of amides is 1. The molecule has 5 heteroatoms.